The number of carbonyl (C=O) groups is 2. The standard InChI is InChI=1S/C25H24N2O4S/c1-16-4-7-18(8-5-16)27-23(28)11-9-19(24(27)22-3-2-12-32-22)25(29)26-14-17-6-10-20-21(13-17)31-15-30-20/h2-8,10,12-13,19,24H,9,11,14-15H2,1H3,(H,26,29). The summed E-state index contributed by atoms with van der Waals surface area (Å²) in [5, 5.41) is 5.07. The first-order valence-electron chi connectivity index (χ1n) is 10.7. The Morgan fingerprint density at radius 2 is 1.94 bits per heavy atom. The summed E-state index contributed by atoms with van der Waals surface area (Å²) in [4.78, 5) is 29.2. The maximum absolute atomic E-state index is 13.3. The monoisotopic (exact) mass is 448 g/mol. The van der Waals surface area contributed by atoms with Gasteiger partial charge in [0.15, 0.2) is 11.5 Å². The van der Waals surface area contributed by atoms with Crippen molar-refractivity contribution in [2.75, 3.05) is 11.7 Å². The first-order valence-corrected chi connectivity index (χ1v) is 11.6. The van der Waals surface area contributed by atoms with Crippen LogP contribution in [0.5, 0.6) is 11.5 Å². The van der Waals surface area contributed by atoms with Crippen molar-refractivity contribution in [3.63, 3.8) is 0 Å². The van der Waals surface area contributed by atoms with Crippen LogP contribution in [0.3, 0.4) is 0 Å². The Labute approximate surface area is 190 Å². The molecule has 3 aromatic rings. The van der Waals surface area contributed by atoms with E-state index in [2.05, 4.69) is 5.32 Å². The van der Waals surface area contributed by atoms with Gasteiger partial charge in [0.05, 0.1) is 12.0 Å². The summed E-state index contributed by atoms with van der Waals surface area (Å²) in [7, 11) is 0. The summed E-state index contributed by atoms with van der Waals surface area (Å²) >= 11 is 1.58. The average Bonchev–Trinajstić information content (AvgIpc) is 3.50. The van der Waals surface area contributed by atoms with Crippen LogP contribution in [0.25, 0.3) is 0 Å². The SMILES string of the molecule is Cc1ccc(N2C(=O)CCC(C(=O)NCc3ccc4c(c3)OCO4)C2c2cccs2)cc1. The molecule has 2 aliphatic rings. The molecule has 2 aromatic carbocycles. The summed E-state index contributed by atoms with van der Waals surface area (Å²) in [6, 6.07) is 17.2. The van der Waals surface area contributed by atoms with E-state index in [4.69, 9.17) is 9.47 Å². The summed E-state index contributed by atoms with van der Waals surface area (Å²) in [5.41, 5.74) is 2.90. The topological polar surface area (TPSA) is 67.9 Å². The van der Waals surface area contributed by atoms with Crippen molar-refractivity contribution in [3.8, 4) is 11.5 Å². The van der Waals surface area contributed by atoms with Gasteiger partial charge in [0.2, 0.25) is 18.6 Å². The molecule has 0 bridgehead atoms. The molecule has 1 fully saturated rings. The molecule has 0 radical (unpaired) electrons. The molecule has 0 aliphatic carbocycles. The van der Waals surface area contributed by atoms with Crippen molar-refractivity contribution in [2.24, 2.45) is 5.92 Å². The highest BCUT2D eigenvalue weighted by atomic mass is 32.1. The van der Waals surface area contributed by atoms with Crippen LogP contribution >= 0.6 is 11.3 Å². The van der Waals surface area contributed by atoms with Gasteiger partial charge in [-0.2, -0.15) is 0 Å². The van der Waals surface area contributed by atoms with Gasteiger partial charge in [-0.05, 0) is 54.6 Å². The maximum atomic E-state index is 13.3. The Kier molecular flexibility index (Phi) is 5.57. The number of benzene rings is 2. The van der Waals surface area contributed by atoms with Crippen molar-refractivity contribution in [1.82, 2.24) is 5.32 Å². The molecular weight excluding hydrogens is 424 g/mol. The molecule has 0 spiro atoms. The Hall–Kier alpha value is -3.32. The Bertz CT molecular complexity index is 1130. The quantitative estimate of drug-likeness (QED) is 0.620. The van der Waals surface area contributed by atoms with Crippen LogP contribution < -0.4 is 19.7 Å². The average molecular weight is 449 g/mol. The van der Waals surface area contributed by atoms with Crippen molar-refractivity contribution in [3.05, 3.63) is 76.0 Å². The molecule has 5 rings (SSSR count). The Balaban J connectivity index is 1.39. The molecule has 1 N–H and O–H groups in total. The third-order valence-corrected chi connectivity index (χ3v) is 6.93. The van der Waals surface area contributed by atoms with Gasteiger partial charge in [-0.1, -0.05) is 29.8 Å². The molecule has 32 heavy (non-hydrogen) atoms. The summed E-state index contributed by atoms with van der Waals surface area (Å²) in [6.45, 7) is 2.63. The highest BCUT2D eigenvalue weighted by Crippen LogP contribution is 2.42. The number of rotatable bonds is 5. The van der Waals surface area contributed by atoms with E-state index in [1.807, 2.05) is 66.9 Å². The first kappa shape index (κ1) is 20.6. The molecule has 2 atom stereocenters. The Morgan fingerprint density at radius 1 is 1.12 bits per heavy atom. The van der Waals surface area contributed by atoms with Crippen LogP contribution in [-0.4, -0.2) is 18.6 Å². The van der Waals surface area contributed by atoms with Crippen LogP contribution in [0.1, 0.15) is 34.9 Å². The van der Waals surface area contributed by atoms with Crippen LogP contribution in [0.15, 0.2) is 60.0 Å². The van der Waals surface area contributed by atoms with E-state index in [1.54, 1.807) is 16.2 Å². The minimum Gasteiger partial charge on any atom is -0.454 e. The number of hydrogen-bond acceptors (Lipinski definition) is 5. The normalized spacial score (nSPS) is 19.8. The van der Waals surface area contributed by atoms with Gasteiger partial charge in [-0.15, -0.1) is 11.3 Å². The number of amides is 2. The van der Waals surface area contributed by atoms with E-state index < -0.39 is 0 Å². The third kappa shape index (κ3) is 3.96. The predicted octanol–water partition coefficient (Wildman–Crippen LogP) is 4.59. The number of thiophene rings is 1. The molecule has 164 valence electrons. The lowest BCUT2D eigenvalue weighted by molar-refractivity contribution is -0.129. The molecule has 2 aliphatic heterocycles. The van der Waals surface area contributed by atoms with E-state index in [0.29, 0.717) is 25.1 Å². The molecule has 7 heteroatoms. The maximum Gasteiger partial charge on any atom is 0.231 e. The van der Waals surface area contributed by atoms with E-state index in [1.165, 1.54) is 0 Å². The van der Waals surface area contributed by atoms with Crippen molar-refractivity contribution >= 4 is 28.8 Å². The zero-order chi connectivity index (χ0) is 22.1. The van der Waals surface area contributed by atoms with Crippen LogP contribution in [0.2, 0.25) is 0 Å². The number of piperidine rings is 1. The third-order valence-electron chi connectivity index (χ3n) is 5.98. The second-order valence-electron chi connectivity index (χ2n) is 8.11. The number of hydrogen-bond donors (Lipinski definition) is 1. The molecule has 0 saturated carbocycles. The predicted molar refractivity (Wildman–Crippen MR) is 123 cm³/mol. The first-order chi connectivity index (χ1) is 15.6. The van der Waals surface area contributed by atoms with E-state index >= 15 is 0 Å². The summed E-state index contributed by atoms with van der Waals surface area (Å²) in [6.07, 6.45) is 0.870. The molecule has 6 nitrogen and oxygen atoms in total. The van der Waals surface area contributed by atoms with Gasteiger partial charge >= 0.3 is 0 Å². The molecule has 2 unspecified atom stereocenters. The number of carbonyl (C=O) groups excluding carboxylic acids is 2. The lowest BCUT2D eigenvalue weighted by Gasteiger charge is -2.40. The van der Waals surface area contributed by atoms with E-state index in [0.717, 1.165) is 27.4 Å². The molecule has 1 saturated heterocycles. The van der Waals surface area contributed by atoms with E-state index in [-0.39, 0.29) is 30.6 Å². The number of fused-ring (bicyclic) bond motifs is 1. The highest BCUT2D eigenvalue weighted by Gasteiger charge is 2.41. The van der Waals surface area contributed by atoms with Gasteiger partial charge in [0.1, 0.15) is 0 Å². The molecule has 3 heterocycles. The van der Waals surface area contributed by atoms with Crippen LogP contribution in [0, 0.1) is 12.8 Å². The molecular formula is C25H24N2O4S. The smallest absolute Gasteiger partial charge is 0.231 e. The number of aryl methyl sites for hydroxylation is 1. The zero-order valence-corrected chi connectivity index (χ0v) is 18.6. The van der Waals surface area contributed by atoms with Crippen molar-refractivity contribution in [2.45, 2.75) is 32.4 Å². The van der Waals surface area contributed by atoms with Crippen molar-refractivity contribution < 1.29 is 19.1 Å². The second kappa shape index (κ2) is 8.67. The fraction of sp³-hybridized carbons (Fsp3) is 0.280. The highest BCUT2D eigenvalue weighted by molar-refractivity contribution is 7.10. The fourth-order valence-electron chi connectivity index (χ4n) is 4.33. The number of nitrogens with zero attached hydrogens (tertiary/aromatic N) is 1. The number of ether oxygens (including phenoxy) is 2. The summed E-state index contributed by atoms with van der Waals surface area (Å²) in [5.74, 6) is 1.08. The zero-order valence-electron chi connectivity index (χ0n) is 17.7. The van der Waals surface area contributed by atoms with Crippen LogP contribution in [-0.2, 0) is 16.1 Å². The molecule has 1 aromatic heterocycles. The molecule has 2 amide bonds. The lowest BCUT2D eigenvalue weighted by Crippen LogP contribution is -2.48. The van der Waals surface area contributed by atoms with Gasteiger partial charge in [-0.25, -0.2) is 0 Å². The van der Waals surface area contributed by atoms with E-state index in [9.17, 15) is 9.59 Å². The van der Waals surface area contributed by atoms with Gasteiger partial charge in [0, 0.05) is 23.5 Å². The Morgan fingerprint density at radius 3 is 2.72 bits per heavy atom. The fourth-order valence-corrected chi connectivity index (χ4v) is 5.21. The van der Waals surface area contributed by atoms with Gasteiger partial charge in [0.25, 0.3) is 0 Å². The van der Waals surface area contributed by atoms with Gasteiger partial charge < -0.3 is 19.7 Å². The minimum atomic E-state index is -0.332. The summed E-state index contributed by atoms with van der Waals surface area (Å²) < 4.78 is 10.8. The van der Waals surface area contributed by atoms with Crippen molar-refractivity contribution in [1.29, 1.82) is 0 Å². The number of nitrogens with one attached hydrogen (secondary N) is 1. The lowest BCUT2D eigenvalue weighted by atomic mass is 9.86. The van der Waals surface area contributed by atoms with Crippen LogP contribution in [0.4, 0.5) is 5.69 Å². The second-order valence-corrected chi connectivity index (χ2v) is 9.09. The number of anilines is 1. The van der Waals surface area contributed by atoms with Gasteiger partial charge in [-0.3, -0.25) is 9.59 Å². The minimum absolute atomic E-state index is 0.0482. The largest absolute Gasteiger partial charge is 0.454 e.